The van der Waals surface area contributed by atoms with Crippen molar-refractivity contribution in [2.45, 2.75) is 76.7 Å². The molecule has 1 aromatic carbocycles. The number of nitrogens with zero attached hydrogens (tertiary/aromatic N) is 2. The van der Waals surface area contributed by atoms with Gasteiger partial charge in [-0.1, -0.05) is 44.2 Å². The molecule has 0 spiro atoms. The number of amides is 1. The molecule has 1 aromatic rings. The molecule has 0 radical (unpaired) electrons. The van der Waals surface area contributed by atoms with Crippen LogP contribution < -0.4 is 4.74 Å². The Morgan fingerprint density at radius 1 is 1.17 bits per heavy atom. The van der Waals surface area contributed by atoms with Gasteiger partial charge >= 0.3 is 6.09 Å². The van der Waals surface area contributed by atoms with E-state index in [1.165, 1.54) is 75.6 Å². The number of carbonyl (C=O) groups excluding carboxylic acids is 1. The summed E-state index contributed by atoms with van der Waals surface area (Å²) in [6.07, 6.45) is 11.8. The average Bonchev–Trinajstić information content (AvgIpc) is 3.16. The summed E-state index contributed by atoms with van der Waals surface area (Å²) in [7, 11) is 1.79. The maximum absolute atomic E-state index is 12.2. The fourth-order valence-corrected chi connectivity index (χ4v) is 5.65. The molecule has 5 heteroatoms. The van der Waals surface area contributed by atoms with Gasteiger partial charge in [0.2, 0.25) is 0 Å². The molecule has 0 bridgehead atoms. The second-order valence-corrected chi connectivity index (χ2v) is 9.04. The first-order valence-corrected chi connectivity index (χ1v) is 11.5. The van der Waals surface area contributed by atoms with Crippen molar-refractivity contribution in [1.82, 2.24) is 9.80 Å². The van der Waals surface area contributed by atoms with Gasteiger partial charge in [0.15, 0.2) is 0 Å². The molecule has 162 valence electrons. The zero-order valence-corrected chi connectivity index (χ0v) is 18.9. The Kier molecular flexibility index (Phi) is 7.86. The van der Waals surface area contributed by atoms with Crippen molar-refractivity contribution in [3.8, 4) is 5.75 Å². The van der Waals surface area contributed by atoms with Crippen LogP contribution in [0, 0.1) is 5.92 Å². The summed E-state index contributed by atoms with van der Waals surface area (Å²) < 4.78 is 5.74. The molecule has 2 aliphatic carbocycles. The molecule has 1 saturated heterocycles. The third-order valence-electron chi connectivity index (χ3n) is 7.45. The van der Waals surface area contributed by atoms with Crippen molar-refractivity contribution in [3.05, 3.63) is 29.3 Å². The van der Waals surface area contributed by atoms with Crippen molar-refractivity contribution in [3.63, 3.8) is 0 Å². The highest BCUT2D eigenvalue weighted by Gasteiger charge is 2.39. The Balaban J connectivity index is 0.00000240. The van der Waals surface area contributed by atoms with E-state index in [0.29, 0.717) is 18.5 Å². The molecule has 3 aliphatic rings. The first-order chi connectivity index (χ1) is 13.7. The van der Waals surface area contributed by atoms with E-state index in [-0.39, 0.29) is 18.5 Å². The summed E-state index contributed by atoms with van der Waals surface area (Å²) in [6, 6.07) is 6.99. The molecule has 1 heterocycles. The predicted octanol–water partition coefficient (Wildman–Crippen LogP) is 5.63. The molecule has 0 aromatic heterocycles. The third-order valence-corrected chi connectivity index (χ3v) is 7.45. The second-order valence-electron chi connectivity index (χ2n) is 9.04. The SMILES string of the molecule is CCN(C)C(=O)Oc1cccc2c1CC[C@H]1[C@@H]2CCN1CCC1CCCCC1.Cl. The molecule has 2 atom stereocenters. The molecular formula is C24H37ClN2O2. The number of rotatable bonds is 5. The summed E-state index contributed by atoms with van der Waals surface area (Å²) in [5, 5.41) is 0. The van der Waals surface area contributed by atoms with Crippen LogP contribution in [0.15, 0.2) is 18.2 Å². The minimum absolute atomic E-state index is 0. The van der Waals surface area contributed by atoms with Crippen molar-refractivity contribution in [1.29, 1.82) is 0 Å². The minimum Gasteiger partial charge on any atom is -0.410 e. The lowest BCUT2D eigenvalue weighted by atomic mass is 9.79. The van der Waals surface area contributed by atoms with E-state index in [9.17, 15) is 4.79 Å². The van der Waals surface area contributed by atoms with Gasteiger partial charge < -0.3 is 9.64 Å². The zero-order valence-electron chi connectivity index (χ0n) is 18.1. The van der Waals surface area contributed by atoms with Gasteiger partial charge in [-0.05, 0) is 68.8 Å². The summed E-state index contributed by atoms with van der Waals surface area (Å²) in [5.74, 6) is 2.35. The van der Waals surface area contributed by atoms with E-state index in [4.69, 9.17) is 4.74 Å². The van der Waals surface area contributed by atoms with Gasteiger partial charge in [-0.2, -0.15) is 0 Å². The molecule has 1 aliphatic heterocycles. The van der Waals surface area contributed by atoms with Gasteiger partial charge in [0.05, 0.1) is 0 Å². The van der Waals surface area contributed by atoms with Crippen molar-refractivity contribution in [2.75, 3.05) is 26.7 Å². The summed E-state index contributed by atoms with van der Waals surface area (Å²) >= 11 is 0. The quantitative estimate of drug-likeness (QED) is 0.618. The van der Waals surface area contributed by atoms with E-state index in [2.05, 4.69) is 17.0 Å². The molecule has 4 nitrogen and oxygen atoms in total. The van der Waals surface area contributed by atoms with Gasteiger partial charge in [0.25, 0.3) is 0 Å². The summed E-state index contributed by atoms with van der Waals surface area (Å²) in [6.45, 7) is 5.13. The van der Waals surface area contributed by atoms with Gasteiger partial charge in [0.1, 0.15) is 5.75 Å². The number of hydrogen-bond donors (Lipinski definition) is 0. The largest absolute Gasteiger partial charge is 0.414 e. The molecule has 1 saturated carbocycles. The van der Waals surface area contributed by atoms with Gasteiger partial charge in [-0.3, -0.25) is 4.90 Å². The molecule has 4 rings (SSSR count). The van der Waals surface area contributed by atoms with Crippen LogP contribution >= 0.6 is 12.4 Å². The van der Waals surface area contributed by atoms with Crippen LogP contribution in [0.2, 0.25) is 0 Å². The van der Waals surface area contributed by atoms with Crippen LogP contribution in [0.5, 0.6) is 5.75 Å². The topological polar surface area (TPSA) is 32.8 Å². The first kappa shape index (κ1) is 22.4. The summed E-state index contributed by atoms with van der Waals surface area (Å²) in [4.78, 5) is 16.6. The average molecular weight is 421 g/mol. The van der Waals surface area contributed by atoms with Gasteiger partial charge in [-0.15, -0.1) is 12.4 Å². The number of likely N-dealkylation sites (tertiary alicyclic amines) is 1. The highest BCUT2D eigenvalue weighted by atomic mass is 35.5. The number of halogens is 1. The van der Waals surface area contributed by atoms with Crippen LogP contribution in [0.4, 0.5) is 4.79 Å². The van der Waals surface area contributed by atoms with Crippen LogP contribution in [-0.4, -0.2) is 48.6 Å². The van der Waals surface area contributed by atoms with E-state index in [1.807, 2.05) is 13.0 Å². The van der Waals surface area contributed by atoms with Crippen LogP contribution in [0.25, 0.3) is 0 Å². The van der Waals surface area contributed by atoms with E-state index in [1.54, 1.807) is 11.9 Å². The maximum Gasteiger partial charge on any atom is 0.414 e. The molecule has 0 unspecified atom stereocenters. The smallest absolute Gasteiger partial charge is 0.410 e. The molecular weight excluding hydrogens is 384 g/mol. The molecule has 1 amide bonds. The van der Waals surface area contributed by atoms with E-state index < -0.39 is 0 Å². The number of ether oxygens (including phenoxy) is 1. The number of hydrogen-bond acceptors (Lipinski definition) is 3. The van der Waals surface area contributed by atoms with Crippen molar-refractivity contribution < 1.29 is 9.53 Å². The monoisotopic (exact) mass is 420 g/mol. The van der Waals surface area contributed by atoms with Gasteiger partial charge in [0, 0.05) is 25.6 Å². The van der Waals surface area contributed by atoms with Gasteiger partial charge in [-0.25, -0.2) is 4.79 Å². The first-order valence-electron chi connectivity index (χ1n) is 11.5. The highest BCUT2D eigenvalue weighted by molar-refractivity contribution is 5.85. The minimum atomic E-state index is -0.251. The van der Waals surface area contributed by atoms with Crippen molar-refractivity contribution >= 4 is 18.5 Å². The molecule has 2 fully saturated rings. The lowest BCUT2D eigenvalue weighted by Gasteiger charge is -2.35. The Morgan fingerprint density at radius 3 is 2.72 bits per heavy atom. The summed E-state index contributed by atoms with van der Waals surface area (Å²) in [5.41, 5.74) is 2.71. The number of fused-ring (bicyclic) bond motifs is 3. The standard InChI is InChI=1S/C24H36N2O2.ClH/c1-3-25(2)24(27)28-23-11-7-10-19-20-15-17-26(22(20)13-12-21(19)23)16-14-18-8-5-4-6-9-18;/h7,10-11,18,20,22H,3-6,8-9,12-17H2,1-2H3;1H/t20-,22+;/m1./s1. The number of carbonyl (C=O) groups is 1. The predicted molar refractivity (Wildman–Crippen MR) is 120 cm³/mol. The second kappa shape index (κ2) is 10.2. The molecule has 0 N–H and O–H groups in total. The van der Waals surface area contributed by atoms with E-state index in [0.717, 1.165) is 18.1 Å². The normalized spacial score (nSPS) is 24.3. The lowest BCUT2D eigenvalue weighted by Crippen LogP contribution is -2.36. The third kappa shape index (κ3) is 4.91. The number of benzene rings is 1. The Hall–Kier alpha value is -1.26. The fourth-order valence-electron chi connectivity index (χ4n) is 5.65. The fraction of sp³-hybridized carbons (Fsp3) is 0.708. The Morgan fingerprint density at radius 2 is 1.97 bits per heavy atom. The molecule has 29 heavy (non-hydrogen) atoms. The van der Waals surface area contributed by atoms with Crippen LogP contribution in [0.3, 0.4) is 0 Å². The van der Waals surface area contributed by atoms with Crippen LogP contribution in [0.1, 0.15) is 75.3 Å². The zero-order chi connectivity index (χ0) is 19.5. The van der Waals surface area contributed by atoms with E-state index >= 15 is 0 Å². The van der Waals surface area contributed by atoms with Crippen LogP contribution in [-0.2, 0) is 6.42 Å². The Bertz CT molecular complexity index is 689. The van der Waals surface area contributed by atoms with Crippen molar-refractivity contribution in [2.24, 2.45) is 5.92 Å². The maximum atomic E-state index is 12.2. The lowest BCUT2D eigenvalue weighted by molar-refractivity contribution is 0.164. The Labute approximate surface area is 182 Å². The highest BCUT2D eigenvalue weighted by Crippen LogP contribution is 2.44.